The molecule has 0 aliphatic carbocycles. The Labute approximate surface area is 223 Å². The average Bonchev–Trinajstić information content (AvgIpc) is 2.88. The molecule has 0 saturated carbocycles. The highest BCUT2D eigenvalue weighted by atomic mass is 16.2. The normalized spacial score (nSPS) is 15.5. The summed E-state index contributed by atoms with van der Waals surface area (Å²) >= 11 is 0. The van der Waals surface area contributed by atoms with Crippen LogP contribution < -0.4 is 5.32 Å². The Kier molecular flexibility index (Phi) is 36.7. The van der Waals surface area contributed by atoms with Crippen molar-refractivity contribution in [2.45, 2.75) is 156 Å². The van der Waals surface area contributed by atoms with Crippen LogP contribution in [-0.4, -0.2) is 59.2 Å². The number of rotatable bonds is 10. The van der Waals surface area contributed by atoms with Crippen molar-refractivity contribution in [3.8, 4) is 0 Å². The van der Waals surface area contributed by atoms with Crippen LogP contribution in [-0.2, 0) is 14.4 Å². The highest BCUT2D eigenvalue weighted by molar-refractivity contribution is 5.79. The van der Waals surface area contributed by atoms with Gasteiger partial charge in [-0.15, -0.1) is 0 Å². The van der Waals surface area contributed by atoms with Gasteiger partial charge in [0, 0.05) is 51.0 Å². The van der Waals surface area contributed by atoms with Crippen molar-refractivity contribution in [3.05, 3.63) is 0 Å². The van der Waals surface area contributed by atoms with Gasteiger partial charge in [-0.25, -0.2) is 0 Å². The molecule has 1 saturated heterocycles. The minimum atomic E-state index is -0.120. The SMILES string of the molecule is C.C.C.C.C.C.C.CCC(C)NC(=O)C(CC)CC(CC(C)N(C)C(C)=O)N1CCCCCC1=O. The van der Waals surface area contributed by atoms with Gasteiger partial charge in [0.1, 0.15) is 0 Å². The fourth-order valence-corrected chi connectivity index (χ4v) is 3.85. The van der Waals surface area contributed by atoms with Crippen LogP contribution in [0.25, 0.3) is 0 Å². The lowest BCUT2D eigenvalue weighted by molar-refractivity contribution is -0.136. The first-order valence-corrected chi connectivity index (χ1v) is 11.0. The van der Waals surface area contributed by atoms with Crippen LogP contribution in [0.5, 0.6) is 0 Å². The minimum absolute atomic E-state index is 0. The molecule has 1 aliphatic rings. The van der Waals surface area contributed by atoms with Crippen molar-refractivity contribution in [1.82, 2.24) is 15.1 Å². The zero-order valence-electron chi connectivity index (χ0n) is 18.8. The quantitative estimate of drug-likeness (QED) is 0.328. The van der Waals surface area contributed by atoms with Crippen LogP contribution >= 0.6 is 0 Å². The third-order valence-electron chi connectivity index (χ3n) is 6.24. The second kappa shape index (κ2) is 25.5. The van der Waals surface area contributed by atoms with Crippen LogP contribution in [0.1, 0.15) is 138 Å². The summed E-state index contributed by atoms with van der Waals surface area (Å²) in [6, 6.07) is 0.159. The molecule has 218 valence electrons. The Bertz CT molecular complexity index is 525. The Morgan fingerprint density at radius 3 is 1.91 bits per heavy atom. The molecule has 3 amide bonds. The van der Waals surface area contributed by atoms with E-state index in [9.17, 15) is 14.4 Å². The van der Waals surface area contributed by atoms with Gasteiger partial charge in [-0.1, -0.05) is 72.3 Å². The van der Waals surface area contributed by atoms with E-state index >= 15 is 0 Å². The van der Waals surface area contributed by atoms with Crippen molar-refractivity contribution >= 4 is 17.7 Å². The molecule has 0 aromatic rings. The van der Waals surface area contributed by atoms with E-state index < -0.39 is 0 Å². The molecule has 0 aromatic carbocycles. The maximum atomic E-state index is 12.8. The van der Waals surface area contributed by atoms with E-state index in [-0.39, 0.29) is 93.8 Å². The van der Waals surface area contributed by atoms with E-state index in [2.05, 4.69) is 12.2 Å². The predicted molar refractivity (Wildman–Crippen MR) is 160 cm³/mol. The van der Waals surface area contributed by atoms with Crippen molar-refractivity contribution < 1.29 is 14.4 Å². The fraction of sp³-hybridized carbons (Fsp3) is 0.897. The topological polar surface area (TPSA) is 69.7 Å². The molecule has 4 unspecified atom stereocenters. The zero-order valence-corrected chi connectivity index (χ0v) is 18.8. The second-order valence-electron chi connectivity index (χ2n) is 8.43. The lowest BCUT2D eigenvalue weighted by Gasteiger charge is -2.37. The van der Waals surface area contributed by atoms with Gasteiger partial charge < -0.3 is 15.1 Å². The van der Waals surface area contributed by atoms with E-state index in [1.54, 1.807) is 18.9 Å². The van der Waals surface area contributed by atoms with Crippen molar-refractivity contribution in [1.29, 1.82) is 0 Å². The van der Waals surface area contributed by atoms with Gasteiger partial charge in [0.05, 0.1) is 0 Å². The van der Waals surface area contributed by atoms with Gasteiger partial charge in [-0.05, 0) is 52.4 Å². The lowest BCUT2D eigenvalue weighted by atomic mass is 9.91. The first-order chi connectivity index (χ1) is 13.2. The Morgan fingerprint density at radius 2 is 1.46 bits per heavy atom. The molecule has 6 nitrogen and oxygen atoms in total. The summed E-state index contributed by atoms with van der Waals surface area (Å²) in [6.07, 6.45) is 6.61. The van der Waals surface area contributed by atoms with E-state index in [0.29, 0.717) is 19.3 Å². The van der Waals surface area contributed by atoms with Crippen LogP contribution in [0, 0.1) is 5.92 Å². The van der Waals surface area contributed by atoms with Gasteiger partial charge >= 0.3 is 0 Å². The van der Waals surface area contributed by atoms with Crippen LogP contribution in [0.3, 0.4) is 0 Å². The number of nitrogens with zero attached hydrogens (tertiary/aromatic N) is 2. The third kappa shape index (κ3) is 16.7. The van der Waals surface area contributed by atoms with E-state index in [0.717, 1.165) is 38.6 Å². The summed E-state index contributed by atoms with van der Waals surface area (Å²) in [5, 5.41) is 3.10. The predicted octanol–water partition coefficient (Wildman–Crippen LogP) is 7.80. The van der Waals surface area contributed by atoms with Crippen LogP contribution in [0.15, 0.2) is 0 Å². The molecule has 6 heteroatoms. The molecule has 4 atom stereocenters. The molecule has 0 radical (unpaired) electrons. The van der Waals surface area contributed by atoms with Crippen LogP contribution in [0.4, 0.5) is 0 Å². The van der Waals surface area contributed by atoms with Crippen molar-refractivity contribution in [2.24, 2.45) is 5.92 Å². The summed E-state index contributed by atoms with van der Waals surface area (Å²) in [7, 11) is 1.81. The molecule has 1 aliphatic heterocycles. The van der Waals surface area contributed by atoms with Gasteiger partial charge in [-0.3, -0.25) is 14.4 Å². The summed E-state index contributed by atoms with van der Waals surface area (Å²) in [5.41, 5.74) is 0. The summed E-state index contributed by atoms with van der Waals surface area (Å²) in [5.74, 6) is 0.175. The maximum Gasteiger partial charge on any atom is 0.223 e. The zero-order chi connectivity index (χ0) is 21.3. The Morgan fingerprint density at radius 1 is 0.914 bits per heavy atom. The molecule has 0 bridgehead atoms. The largest absolute Gasteiger partial charge is 0.353 e. The summed E-state index contributed by atoms with van der Waals surface area (Å²) in [6.45, 7) is 10.5. The Hall–Kier alpha value is -1.59. The van der Waals surface area contributed by atoms with Gasteiger partial charge in [0.15, 0.2) is 0 Å². The van der Waals surface area contributed by atoms with Crippen LogP contribution in [0.2, 0.25) is 0 Å². The molecular formula is C29H69N3O3. The summed E-state index contributed by atoms with van der Waals surface area (Å²) < 4.78 is 0. The molecular weight excluding hydrogens is 438 g/mol. The number of likely N-dealkylation sites (tertiary alicyclic amines) is 1. The Balaban J connectivity index is -0.000000224. The molecule has 0 spiro atoms. The summed E-state index contributed by atoms with van der Waals surface area (Å²) in [4.78, 5) is 41.0. The highest BCUT2D eigenvalue weighted by Gasteiger charge is 2.31. The van der Waals surface area contributed by atoms with Crippen molar-refractivity contribution in [3.63, 3.8) is 0 Å². The monoisotopic (exact) mass is 508 g/mol. The fourth-order valence-electron chi connectivity index (χ4n) is 3.85. The number of carbonyl (C=O) groups excluding carboxylic acids is 3. The highest BCUT2D eigenvalue weighted by Crippen LogP contribution is 2.25. The molecule has 0 aromatic heterocycles. The molecule has 1 fully saturated rings. The molecule has 1 N–H and O–H groups in total. The molecule has 1 rings (SSSR count). The smallest absolute Gasteiger partial charge is 0.223 e. The lowest BCUT2D eigenvalue weighted by Crippen LogP contribution is -2.47. The average molecular weight is 508 g/mol. The molecule has 1 heterocycles. The number of amides is 3. The van der Waals surface area contributed by atoms with E-state index in [4.69, 9.17) is 0 Å². The van der Waals surface area contributed by atoms with Gasteiger partial charge in [-0.2, -0.15) is 0 Å². The third-order valence-corrected chi connectivity index (χ3v) is 6.24. The van der Waals surface area contributed by atoms with Gasteiger partial charge in [0.25, 0.3) is 0 Å². The first-order valence-electron chi connectivity index (χ1n) is 11.0. The molecule has 35 heavy (non-hydrogen) atoms. The number of nitrogens with one attached hydrogen (secondary N) is 1. The van der Waals surface area contributed by atoms with E-state index in [1.807, 2.05) is 25.7 Å². The first kappa shape index (κ1) is 50.3. The number of hydrogen-bond donors (Lipinski definition) is 1. The second-order valence-corrected chi connectivity index (χ2v) is 8.43. The van der Waals surface area contributed by atoms with Crippen molar-refractivity contribution in [2.75, 3.05) is 13.6 Å². The maximum absolute atomic E-state index is 12.8. The standard InChI is InChI=1S/C22H41N3O3.7CH4/c1-7-16(3)23-22(28)19(8-2)15-20(14-17(4)24(6)18(5)26)25-13-11-9-10-12-21(25)27;;;;;;;/h16-17,19-20H,7-15H2,1-6H3,(H,23,28);7*1H4. The van der Waals surface area contributed by atoms with Gasteiger partial charge in [0.2, 0.25) is 17.7 Å². The van der Waals surface area contributed by atoms with E-state index in [1.165, 1.54) is 0 Å². The number of carbonyl (C=O) groups is 3. The number of hydrogen-bond acceptors (Lipinski definition) is 3. The minimum Gasteiger partial charge on any atom is -0.353 e.